The minimum absolute atomic E-state index is 0.101. The van der Waals surface area contributed by atoms with Gasteiger partial charge in [-0.05, 0) is 49.4 Å². The third kappa shape index (κ3) is 4.80. The molecule has 0 spiro atoms. The molecule has 5 rings (SSSR count). The Morgan fingerprint density at radius 1 is 1.14 bits per heavy atom. The molecule has 11 heteroatoms. The second kappa shape index (κ2) is 8.86. The van der Waals surface area contributed by atoms with Gasteiger partial charge in [0.05, 0.1) is 10.6 Å². The smallest absolute Gasteiger partial charge is 0.416 e. The molecule has 0 aliphatic carbocycles. The molecule has 0 bridgehead atoms. The number of furan rings is 1. The molecule has 6 nitrogen and oxygen atoms in total. The fraction of sp³-hybridized carbons (Fsp3) is 0.125. The first-order valence-corrected chi connectivity index (χ1v) is 11.4. The third-order valence-electron chi connectivity index (χ3n) is 5.07. The molecule has 178 valence electrons. The number of nitrogens with zero attached hydrogens (tertiary/aromatic N) is 3. The minimum Gasteiger partial charge on any atom is -0.486 e. The van der Waals surface area contributed by atoms with Crippen molar-refractivity contribution in [1.29, 1.82) is 0 Å². The highest BCUT2D eigenvalue weighted by Gasteiger charge is 2.31. The van der Waals surface area contributed by atoms with Crippen molar-refractivity contribution in [1.82, 2.24) is 14.6 Å². The number of aromatic nitrogens is 3. The molecule has 0 aliphatic heterocycles. The third-order valence-corrected chi connectivity index (χ3v) is 6.36. The number of benzene rings is 2. The van der Waals surface area contributed by atoms with Crippen LogP contribution in [0.1, 0.15) is 22.7 Å². The van der Waals surface area contributed by atoms with Crippen LogP contribution in [0.5, 0.6) is 5.75 Å². The maximum absolute atomic E-state index is 13.1. The van der Waals surface area contributed by atoms with Gasteiger partial charge in [-0.15, -0.1) is 5.10 Å². The molecule has 3 heterocycles. The predicted molar refractivity (Wildman–Crippen MR) is 126 cm³/mol. The summed E-state index contributed by atoms with van der Waals surface area (Å²) in [5, 5.41) is 4.32. The van der Waals surface area contributed by atoms with E-state index in [1.807, 2.05) is 31.2 Å². The maximum Gasteiger partial charge on any atom is 0.416 e. The highest BCUT2D eigenvalue weighted by atomic mass is 35.5. The Hall–Kier alpha value is -3.63. The van der Waals surface area contributed by atoms with E-state index in [0.29, 0.717) is 21.1 Å². The van der Waals surface area contributed by atoms with E-state index < -0.39 is 17.3 Å². The number of rotatable bonds is 5. The van der Waals surface area contributed by atoms with Gasteiger partial charge in [-0.3, -0.25) is 4.79 Å². The zero-order chi connectivity index (χ0) is 24.7. The van der Waals surface area contributed by atoms with Gasteiger partial charge in [0, 0.05) is 11.6 Å². The van der Waals surface area contributed by atoms with Gasteiger partial charge in [0.2, 0.25) is 4.96 Å². The van der Waals surface area contributed by atoms with Crippen LogP contribution in [0.15, 0.2) is 63.8 Å². The Labute approximate surface area is 204 Å². The normalized spacial score (nSPS) is 12.5. The van der Waals surface area contributed by atoms with E-state index in [2.05, 4.69) is 10.1 Å². The van der Waals surface area contributed by atoms with Crippen molar-refractivity contribution in [3.05, 3.63) is 97.2 Å². The van der Waals surface area contributed by atoms with Gasteiger partial charge >= 0.3 is 6.18 Å². The monoisotopic (exact) mass is 517 g/mol. The van der Waals surface area contributed by atoms with Crippen LogP contribution in [-0.4, -0.2) is 14.6 Å². The first kappa shape index (κ1) is 23.1. The number of ether oxygens (including phenoxy) is 1. The lowest BCUT2D eigenvalue weighted by molar-refractivity contribution is -0.137. The van der Waals surface area contributed by atoms with Crippen molar-refractivity contribution in [2.45, 2.75) is 19.7 Å². The van der Waals surface area contributed by atoms with Gasteiger partial charge in [-0.1, -0.05) is 40.6 Å². The van der Waals surface area contributed by atoms with Gasteiger partial charge in [0.1, 0.15) is 28.4 Å². The van der Waals surface area contributed by atoms with Crippen molar-refractivity contribution in [3.8, 4) is 17.1 Å². The molecule has 2 aromatic carbocycles. The van der Waals surface area contributed by atoms with E-state index in [1.165, 1.54) is 22.7 Å². The van der Waals surface area contributed by atoms with Crippen LogP contribution in [0.3, 0.4) is 0 Å². The first-order chi connectivity index (χ1) is 16.7. The molecule has 0 saturated carbocycles. The van der Waals surface area contributed by atoms with Crippen LogP contribution in [-0.2, 0) is 12.8 Å². The Balaban J connectivity index is 1.39. The average molecular weight is 518 g/mol. The Bertz CT molecular complexity index is 1640. The highest BCUT2D eigenvalue weighted by molar-refractivity contribution is 7.15. The lowest BCUT2D eigenvalue weighted by Gasteiger charge is -2.09. The van der Waals surface area contributed by atoms with Crippen LogP contribution in [0, 0.1) is 6.92 Å². The first-order valence-electron chi connectivity index (χ1n) is 10.2. The minimum atomic E-state index is -4.51. The molecule has 0 aliphatic rings. The number of aryl methyl sites for hydroxylation is 1. The fourth-order valence-corrected chi connectivity index (χ4v) is 4.43. The summed E-state index contributed by atoms with van der Waals surface area (Å²) in [7, 11) is 0. The predicted octanol–water partition coefficient (Wildman–Crippen LogP) is 5.52. The van der Waals surface area contributed by atoms with Crippen molar-refractivity contribution in [2.24, 2.45) is 0 Å². The summed E-state index contributed by atoms with van der Waals surface area (Å²) in [5.74, 6) is 1.45. The number of alkyl halides is 3. The van der Waals surface area contributed by atoms with Gasteiger partial charge < -0.3 is 9.15 Å². The largest absolute Gasteiger partial charge is 0.486 e. The summed E-state index contributed by atoms with van der Waals surface area (Å²) in [4.78, 5) is 17.5. The zero-order valence-corrected chi connectivity index (χ0v) is 19.5. The second-order valence-electron chi connectivity index (χ2n) is 7.63. The molecule has 0 radical (unpaired) electrons. The summed E-state index contributed by atoms with van der Waals surface area (Å²) < 4.78 is 52.0. The summed E-state index contributed by atoms with van der Waals surface area (Å²) in [5.41, 5.74) is -0.0220. The molecule has 0 N–H and O–H groups in total. The molecule has 0 amide bonds. The Kier molecular flexibility index (Phi) is 5.86. The topological polar surface area (TPSA) is 69.6 Å². The summed E-state index contributed by atoms with van der Waals surface area (Å²) in [6.45, 7) is 2.08. The number of halogens is 4. The van der Waals surface area contributed by atoms with Crippen LogP contribution in [0.2, 0.25) is 5.02 Å². The molecular formula is C24H15ClF3N3O3S. The van der Waals surface area contributed by atoms with Crippen molar-refractivity contribution in [2.75, 3.05) is 0 Å². The van der Waals surface area contributed by atoms with Gasteiger partial charge in [0.15, 0.2) is 5.82 Å². The van der Waals surface area contributed by atoms with Crippen LogP contribution < -0.4 is 14.8 Å². The van der Waals surface area contributed by atoms with Crippen LogP contribution in [0.4, 0.5) is 13.2 Å². The summed E-state index contributed by atoms with van der Waals surface area (Å²) in [6, 6.07) is 13.6. The second-order valence-corrected chi connectivity index (χ2v) is 9.05. The van der Waals surface area contributed by atoms with Gasteiger partial charge in [-0.2, -0.15) is 22.7 Å². The van der Waals surface area contributed by atoms with E-state index in [4.69, 9.17) is 20.8 Å². The number of hydrogen-bond donors (Lipinski definition) is 0. The van der Waals surface area contributed by atoms with Crippen LogP contribution in [0.25, 0.3) is 22.4 Å². The molecule has 35 heavy (non-hydrogen) atoms. The Morgan fingerprint density at radius 3 is 2.63 bits per heavy atom. The molecule has 5 aromatic rings. The fourth-order valence-electron chi connectivity index (χ4n) is 3.31. The van der Waals surface area contributed by atoms with Crippen molar-refractivity contribution < 1.29 is 22.3 Å². The Morgan fingerprint density at radius 2 is 1.91 bits per heavy atom. The van der Waals surface area contributed by atoms with Crippen molar-refractivity contribution >= 4 is 34.0 Å². The summed E-state index contributed by atoms with van der Waals surface area (Å²) >= 11 is 7.19. The maximum atomic E-state index is 13.1. The van der Waals surface area contributed by atoms with E-state index in [0.717, 1.165) is 29.0 Å². The number of hydrogen-bond acceptors (Lipinski definition) is 6. The van der Waals surface area contributed by atoms with Crippen LogP contribution >= 0.6 is 22.9 Å². The SMILES string of the molecule is Cc1ccc(OCc2nc3sc(=Cc4ccc(-c5cc(C(F)(F)F)ccc5Cl)o4)c(=O)n3n2)cc1. The number of fused-ring (bicyclic) bond motifs is 1. The molecule has 0 unspecified atom stereocenters. The molecule has 0 atom stereocenters. The van der Waals surface area contributed by atoms with Crippen molar-refractivity contribution in [3.63, 3.8) is 0 Å². The average Bonchev–Trinajstić information content (AvgIpc) is 3.50. The van der Waals surface area contributed by atoms with Gasteiger partial charge in [0.25, 0.3) is 5.56 Å². The van der Waals surface area contributed by atoms with Gasteiger partial charge in [-0.25, -0.2) is 0 Å². The quantitative estimate of drug-likeness (QED) is 0.307. The van der Waals surface area contributed by atoms with E-state index in [1.54, 1.807) is 6.07 Å². The van der Waals surface area contributed by atoms with E-state index in [-0.39, 0.29) is 28.7 Å². The zero-order valence-electron chi connectivity index (χ0n) is 18.0. The lowest BCUT2D eigenvalue weighted by Crippen LogP contribution is -2.23. The number of thiazole rings is 1. The molecule has 3 aromatic heterocycles. The molecule has 0 saturated heterocycles. The molecular weight excluding hydrogens is 503 g/mol. The lowest BCUT2D eigenvalue weighted by atomic mass is 10.1. The van der Waals surface area contributed by atoms with E-state index >= 15 is 0 Å². The molecule has 0 fully saturated rings. The highest BCUT2D eigenvalue weighted by Crippen LogP contribution is 2.36. The summed E-state index contributed by atoms with van der Waals surface area (Å²) in [6.07, 6.45) is -3.03. The van der Waals surface area contributed by atoms with E-state index in [9.17, 15) is 18.0 Å². The standard InChI is InChI=1S/C24H15ClF3N3O3S/c1-13-2-5-15(6-3-13)33-12-21-29-23-31(30-21)22(32)20(35-23)11-16-7-9-19(34-16)17-10-14(24(26,27)28)4-8-18(17)25/h2-11H,12H2,1H3.